The van der Waals surface area contributed by atoms with Crippen LogP contribution in [0.25, 0.3) is 0 Å². The van der Waals surface area contributed by atoms with Crippen LogP contribution >= 0.6 is 0 Å². The van der Waals surface area contributed by atoms with Crippen LogP contribution in [0.4, 0.5) is 4.79 Å². The van der Waals surface area contributed by atoms with E-state index in [9.17, 15) is 14.4 Å². The van der Waals surface area contributed by atoms with Crippen LogP contribution in [0, 0.1) is 0 Å². The number of amides is 2. The van der Waals surface area contributed by atoms with Crippen molar-refractivity contribution in [3.05, 3.63) is 59.2 Å². The molecule has 0 bridgehead atoms. The van der Waals surface area contributed by atoms with Crippen LogP contribution in [-0.2, 0) is 9.53 Å². The lowest BCUT2D eigenvalue weighted by Crippen LogP contribution is -2.45. The quantitative estimate of drug-likeness (QED) is 0.598. The van der Waals surface area contributed by atoms with E-state index in [2.05, 4.69) is 10.6 Å². The molecule has 2 N–H and O–H groups in total. The Balaban J connectivity index is 1.94. The Bertz CT molecular complexity index is 947. The van der Waals surface area contributed by atoms with E-state index in [4.69, 9.17) is 18.6 Å². The second-order valence-corrected chi connectivity index (χ2v) is 5.84. The molecule has 2 aromatic rings. The average molecular weight is 386 g/mol. The first-order chi connectivity index (χ1) is 13.4. The maximum Gasteiger partial charge on any atom is 0.379 e. The molecule has 1 aliphatic heterocycles. The molecule has 1 aliphatic rings. The molecule has 0 fully saturated rings. The van der Waals surface area contributed by atoms with Crippen molar-refractivity contribution in [2.75, 3.05) is 14.2 Å². The van der Waals surface area contributed by atoms with Gasteiger partial charge in [-0.15, -0.1) is 0 Å². The minimum absolute atomic E-state index is 0.0447. The van der Waals surface area contributed by atoms with Crippen molar-refractivity contribution in [3.63, 3.8) is 0 Å². The first kappa shape index (κ1) is 19.0. The molecule has 0 aliphatic carbocycles. The molecule has 0 saturated carbocycles. The summed E-state index contributed by atoms with van der Waals surface area (Å²) in [5.74, 6) is -0.817. The topological polar surface area (TPSA) is 116 Å². The summed E-state index contributed by atoms with van der Waals surface area (Å²) in [5.41, 5.74) is 1.18. The first-order valence-corrected chi connectivity index (χ1v) is 8.24. The minimum atomic E-state index is -0.759. The van der Waals surface area contributed by atoms with E-state index in [0.29, 0.717) is 11.3 Å². The molecular weight excluding hydrogens is 368 g/mol. The third-order valence-corrected chi connectivity index (χ3v) is 4.12. The van der Waals surface area contributed by atoms with Gasteiger partial charge in [0.05, 0.1) is 32.1 Å². The number of carbonyl (C=O) groups excluding carboxylic acids is 3. The third kappa shape index (κ3) is 3.68. The van der Waals surface area contributed by atoms with Gasteiger partial charge in [0.1, 0.15) is 0 Å². The first-order valence-electron chi connectivity index (χ1n) is 8.24. The summed E-state index contributed by atoms with van der Waals surface area (Å²) in [4.78, 5) is 36.2. The summed E-state index contributed by atoms with van der Waals surface area (Å²) in [6, 6.07) is 6.51. The highest BCUT2D eigenvalue weighted by Gasteiger charge is 2.32. The van der Waals surface area contributed by atoms with Gasteiger partial charge >= 0.3 is 18.0 Å². The molecule has 3 rings (SSSR count). The Labute approximate surface area is 160 Å². The Morgan fingerprint density at radius 1 is 1.11 bits per heavy atom. The molecule has 0 spiro atoms. The Kier molecular flexibility index (Phi) is 5.35. The Morgan fingerprint density at radius 2 is 1.89 bits per heavy atom. The molecule has 1 unspecified atom stereocenters. The third-order valence-electron chi connectivity index (χ3n) is 4.12. The van der Waals surface area contributed by atoms with Crippen LogP contribution in [-0.4, -0.2) is 32.2 Å². The predicted molar refractivity (Wildman–Crippen MR) is 95.8 cm³/mol. The molecular formula is C19H18N2O7. The number of esters is 2. The van der Waals surface area contributed by atoms with Crippen molar-refractivity contribution in [2.45, 2.75) is 13.0 Å². The monoisotopic (exact) mass is 386 g/mol. The van der Waals surface area contributed by atoms with Crippen molar-refractivity contribution < 1.29 is 33.0 Å². The van der Waals surface area contributed by atoms with Crippen molar-refractivity contribution in [2.24, 2.45) is 0 Å². The summed E-state index contributed by atoms with van der Waals surface area (Å²) in [6.07, 6.45) is 1.36. The molecule has 2 amide bonds. The van der Waals surface area contributed by atoms with Gasteiger partial charge in [-0.1, -0.05) is 6.07 Å². The molecule has 146 valence electrons. The summed E-state index contributed by atoms with van der Waals surface area (Å²) in [6.45, 7) is 1.61. The Hall–Kier alpha value is -3.75. The fourth-order valence-corrected chi connectivity index (χ4v) is 2.82. The van der Waals surface area contributed by atoms with Gasteiger partial charge in [0.25, 0.3) is 0 Å². The average Bonchev–Trinajstić information content (AvgIpc) is 3.22. The zero-order chi connectivity index (χ0) is 20.3. The fourth-order valence-electron chi connectivity index (χ4n) is 2.82. The summed E-state index contributed by atoms with van der Waals surface area (Å²) in [7, 11) is 2.67. The van der Waals surface area contributed by atoms with Gasteiger partial charge in [-0.05, 0) is 36.8 Å². The highest BCUT2D eigenvalue weighted by molar-refractivity contribution is 5.95. The number of furan rings is 1. The molecule has 1 aromatic carbocycles. The molecule has 9 heteroatoms. The van der Waals surface area contributed by atoms with Gasteiger partial charge in [-0.2, -0.15) is 0 Å². The largest absolute Gasteiger partial charge is 0.493 e. The van der Waals surface area contributed by atoms with Gasteiger partial charge < -0.3 is 29.3 Å². The van der Waals surface area contributed by atoms with Crippen LogP contribution in [0.3, 0.4) is 0 Å². The van der Waals surface area contributed by atoms with Gasteiger partial charge in [-0.3, -0.25) is 0 Å². The molecule has 2 heterocycles. The SMILES string of the molecule is COC(=O)C1=C(C)NC(=O)NC1c1ccc(OC(=O)c2ccco2)c(OC)c1. The summed E-state index contributed by atoms with van der Waals surface area (Å²) < 4.78 is 20.4. The molecule has 0 saturated heterocycles. The van der Waals surface area contributed by atoms with Gasteiger partial charge in [0.15, 0.2) is 11.5 Å². The van der Waals surface area contributed by atoms with E-state index >= 15 is 0 Å². The number of ether oxygens (including phenoxy) is 3. The molecule has 1 aromatic heterocycles. The highest BCUT2D eigenvalue weighted by atomic mass is 16.6. The van der Waals surface area contributed by atoms with E-state index in [-0.39, 0.29) is 22.8 Å². The minimum Gasteiger partial charge on any atom is -0.493 e. The standard InChI is InChI=1S/C19H18N2O7/c1-10-15(18(23)26-3)16(21-19(24)20-10)11-6-7-12(14(9-11)25-2)28-17(22)13-5-4-8-27-13/h4-9,16H,1-3H3,(H2,20,21,24). The predicted octanol–water partition coefficient (Wildman–Crippen LogP) is 2.31. The number of benzene rings is 1. The normalized spacial score (nSPS) is 16.1. The smallest absolute Gasteiger partial charge is 0.379 e. The zero-order valence-electron chi connectivity index (χ0n) is 15.4. The molecule has 28 heavy (non-hydrogen) atoms. The van der Waals surface area contributed by atoms with Crippen LogP contribution in [0.5, 0.6) is 11.5 Å². The van der Waals surface area contributed by atoms with Gasteiger partial charge in [0.2, 0.25) is 5.76 Å². The second kappa shape index (κ2) is 7.87. The van der Waals surface area contributed by atoms with Crippen molar-refractivity contribution in [3.8, 4) is 11.5 Å². The maximum absolute atomic E-state index is 12.2. The van der Waals surface area contributed by atoms with E-state index in [0.717, 1.165) is 0 Å². The van der Waals surface area contributed by atoms with Crippen molar-refractivity contribution in [1.82, 2.24) is 10.6 Å². The molecule has 9 nitrogen and oxygen atoms in total. The number of allylic oxidation sites excluding steroid dienone is 1. The van der Waals surface area contributed by atoms with E-state index in [1.807, 2.05) is 0 Å². The van der Waals surface area contributed by atoms with Gasteiger partial charge in [-0.25, -0.2) is 14.4 Å². The van der Waals surface area contributed by atoms with Crippen molar-refractivity contribution in [1.29, 1.82) is 0 Å². The van der Waals surface area contributed by atoms with Crippen LogP contribution in [0.2, 0.25) is 0 Å². The van der Waals surface area contributed by atoms with E-state index < -0.39 is 24.0 Å². The highest BCUT2D eigenvalue weighted by Crippen LogP contribution is 2.34. The van der Waals surface area contributed by atoms with Crippen LogP contribution in [0.1, 0.15) is 29.1 Å². The Morgan fingerprint density at radius 3 is 2.54 bits per heavy atom. The fraction of sp³-hybridized carbons (Fsp3) is 0.211. The number of hydrogen-bond donors (Lipinski definition) is 2. The van der Waals surface area contributed by atoms with Crippen molar-refractivity contribution >= 4 is 18.0 Å². The second-order valence-electron chi connectivity index (χ2n) is 5.84. The lowest BCUT2D eigenvalue weighted by Gasteiger charge is -2.28. The summed E-state index contributed by atoms with van der Waals surface area (Å²) in [5, 5.41) is 5.22. The number of urea groups is 1. The number of carbonyl (C=O) groups is 3. The zero-order valence-corrected chi connectivity index (χ0v) is 15.4. The van der Waals surface area contributed by atoms with E-state index in [1.54, 1.807) is 25.1 Å². The summed E-state index contributed by atoms with van der Waals surface area (Å²) >= 11 is 0. The molecule has 1 atom stereocenters. The number of rotatable bonds is 5. The maximum atomic E-state index is 12.2. The van der Waals surface area contributed by atoms with Gasteiger partial charge in [0, 0.05) is 5.70 Å². The lowest BCUT2D eigenvalue weighted by molar-refractivity contribution is -0.136. The number of hydrogen-bond acceptors (Lipinski definition) is 7. The van der Waals surface area contributed by atoms with E-state index in [1.165, 1.54) is 32.6 Å². The lowest BCUT2D eigenvalue weighted by atomic mass is 9.95. The van der Waals surface area contributed by atoms with Crippen LogP contribution < -0.4 is 20.1 Å². The molecule has 0 radical (unpaired) electrons. The number of nitrogens with one attached hydrogen (secondary N) is 2. The van der Waals surface area contributed by atoms with Crippen LogP contribution in [0.15, 0.2) is 52.3 Å². The number of methoxy groups -OCH3 is 2.